The number of rotatable bonds is 6. The van der Waals surface area contributed by atoms with Crippen LogP contribution in [0.5, 0.6) is 0 Å². The fourth-order valence-electron chi connectivity index (χ4n) is 2.21. The zero-order valence-corrected chi connectivity index (χ0v) is 14.0. The van der Waals surface area contributed by atoms with Gasteiger partial charge in [-0.05, 0) is 56.3 Å². The van der Waals surface area contributed by atoms with Gasteiger partial charge >= 0.3 is 0 Å². The van der Waals surface area contributed by atoms with Gasteiger partial charge in [0.15, 0.2) is 5.78 Å². The molecule has 1 heterocycles. The number of ketones is 1. The van der Waals surface area contributed by atoms with Crippen LogP contribution >= 0.6 is 11.3 Å². The minimum Gasteiger partial charge on any atom is -0.293 e. The molecule has 0 saturated carbocycles. The maximum Gasteiger partial charge on any atom is 0.176 e. The molecule has 3 heteroatoms. The van der Waals surface area contributed by atoms with E-state index >= 15 is 0 Å². The van der Waals surface area contributed by atoms with Crippen molar-refractivity contribution < 1.29 is 4.79 Å². The summed E-state index contributed by atoms with van der Waals surface area (Å²) in [5.41, 5.74) is 3.22. The van der Waals surface area contributed by atoms with Crippen molar-refractivity contribution in [3.63, 3.8) is 0 Å². The fraction of sp³-hybridized carbons (Fsp3) is 0.389. The highest BCUT2D eigenvalue weighted by atomic mass is 32.1. The molecule has 2 aromatic rings. The van der Waals surface area contributed by atoms with Crippen molar-refractivity contribution >= 4 is 17.1 Å². The zero-order chi connectivity index (χ0) is 15.4. The van der Waals surface area contributed by atoms with E-state index in [2.05, 4.69) is 50.1 Å². The van der Waals surface area contributed by atoms with Gasteiger partial charge in [-0.1, -0.05) is 18.2 Å². The molecule has 2 rings (SSSR count). The molecule has 0 spiro atoms. The maximum atomic E-state index is 12.5. The van der Waals surface area contributed by atoms with Crippen molar-refractivity contribution in [1.82, 2.24) is 4.90 Å². The number of carbonyl (C=O) groups excluding carboxylic acids is 1. The molecular weight excluding hydrogens is 278 g/mol. The number of hydrogen-bond donors (Lipinski definition) is 0. The molecular formula is C18H23NOS. The number of hydrogen-bond acceptors (Lipinski definition) is 3. The molecule has 0 fully saturated rings. The van der Waals surface area contributed by atoms with Crippen LogP contribution in [-0.4, -0.2) is 23.3 Å². The van der Waals surface area contributed by atoms with Gasteiger partial charge in [-0.25, -0.2) is 0 Å². The third-order valence-corrected chi connectivity index (χ3v) is 4.71. The first-order chi connectivity index (χ1) is 9.97. The van der Waals surface area contributed by atoms with Gasteiger partial charge in [-0.2, -0.15) is 0 Å². The Bertz CT molecular complexity index is 602. The number of Topliss-reactive ketones (excluding diaryl/α,β-unsaturated/α-hetero) is 1. The standard InChI is InChI=1S/C18H23NOS/c1-13(2)19(11-17-6-5-9-21-17)12-18(20)16-8-7-14(3)15(4)10-16/h5-10,13H,11-12H2,1-4H3. The van der Waals surface area contributed by atoms with Crippen LogP contribution in [-0.2, 0) is 6.54 Å². The average molecular weight is 301 g/mol. The van der Waals surface area contributed by atoms with Crippen LogP contribution in [0.15, 0.2) is 35.7 Å². The first kappa shape index (κ1) is 15.9. The molecule has 2 nitrogen and oxygen atoms in total. The normalized spacial score (nSPS) is 11.3. The van der Waals surface area contributed by atoms with Crippen LogP contribution in [0.4, 0.5) is 0 Å². The van der Waals surface area contributed by atoms with Crippen LogP contribution in [0.1, 0.15) is 40.2 Å². The summed E-state index contributed by atoms with van der Waals surface area (Å²) in [6.07, 6.45) is 0. The van der Waals surface area contributed by atoms with Crippen molar-refractivity contribution in [1.29, 1.82) is 0 Å². The maximum absolute atomic E-state index is 12.5. The minimum absolute atomic E-state index is 0.198. The number of benzene rings is 1. The van der Waals surface area contributed by atoms with E-state index in [1.807, 2.05) is 18.2 Å². The largest absolute Gasteiger partial charge is 0.293 e. The van der Waals surface area contributed by atoms with Gasteiger partial charge in [0.05, 0.1) is 6.54 Å². The van der Waals surface area contributed by atoms with Crippen molar-refractivity contribution in [3.05, 3.63) is 57.3 Å². The molecule has 112 valence electrons. The molecule has 0 aliphatic heterocycles. The van der Waals surface area contributed by atoms with Gasteiger partial charge in [-0.3, -0.25) is 9.69 Å². The third-order valence-electron chi connectivity index (χ3n) is 3.84. The number of nitrogens with zero attached hydrogens (tertiary/aromatic N) is 1. The lowest BCUT2D eigenvalue weighted by atomic mass is 10.0. The molecule has 0 saturated heterocycles. The van der Waals surface area contributed by atoms with Gasteiger partial charge < -0.3 is 0 Å². The van der Waals surface area contributed by atoms with Crippen LogP contribution in [0.25, 0.3) is 0 Å². The predicted octanol–water partition coefficient (Wildman–Crippen LogP) is 4.46. The van der Waals surface area contributed by atoms with Crippen molar-refractivity contribution in [2.75, 3.05) is 6.54 Å². The van der Waals surface area contributed by atoms with E-state index < -0.39 is 0 Å². The Kier molecular flexibility index (Phi) is 5.32. The van der Waals surface area contributed by atoms with Gasteiger partial charge in [0.2, 0.25) is 0 Å². The van der Waals surface area contributed by atoms with Crippen molar-refractivity contribution in [3.8, 4) is 0 Å². The predicted molar refractivity (Wildman–Crippen MR) is 90.1 cm³/mol. The first-order valence-corrected chi connectivity index (χ1v) is 8.22. The van der Waals surface area contributed by atoms with E-state index in [1.54, 1.807) is 11.3 Å². The molecule has 21 heavy (non-hydrogen) atoms. The van der Waals surface area contributed by atoms with Crippen LogP contribution < -0.4 is 0 Å². The number of carbonyl (C=O) groups is 1. The highest BCUT2D eigenvalue weighted by Crippen LogP contribution is 2.16. The molecule has 1 aromatic carbocycles. The Morgan fingerprint density at radius 3 is 2.52 bits per heavy atom. The Morgan fingerprint density at radius 1 is 1.19 bits per heavy atom. The second-order valence-corrected chi connectivity index (χ2v) is 6.83. The summed E-state index contributed by atoms with van der Waals surface area (Å²) in [6.45, 7) is 9.71. The van der Waals surface area contributed by atoms with E-state index in [1.165, 1.54) is 16.0 Å². The number of aryl methyl sites for hydroxylation is 2. The Labute approximate surface area is 131 Å². The highest BCUT2D eigenvalue weighted by Gasteiger charge is 2.16. The zero-order valence-electron chi connectivity index (χ0n) is 13.2. The topological polar surface area (TPSA) is 20.3 Å². The lowest BCUT2D eigenvalue weighted by molar-refractivity contribution is 0.0899. The summed E-state index contributed by atoms with van der Waals surface area (Å²) < 4.78 is 0. The molecule has 0 radical (unpaired) electrons. The van der Waals surface area contributed by atoms with Crippen LogP contribution in [0.2, 0.25) is 0 Å². The van der Waals surface area contributed by atoms with E-state index in [-0.39, 0.29) is 5.78 Å². The summed E-state index contributed by atoms with van der Waals surface area (Å²) in [4.78, 5) is 16.0. The molecule has 0 aliphatic rings. The lowest BCUT2D eigenvalue weighted by Gasteiger charge is -2.25. The van der Waals surface area contributed by atoms with E-state index in [0.29, 0.717) is 12.6 Å². The molecule has 0 aliphatic carbocycles. The molecule has 0 unspecified atom stereocenters. The second kappa shape index (κ2) is 7.01. The van der Waals surface area contributed by atoms with Gasteiger partial charge in [-0.15, -0.1) is 11.3 Å². The third kappa shape index (κ3) is 4.26. The van der Waals surface area contributed by atoms with Gasteiger partial charge in [0.1, 0.15) is 0 Å². The molecule has 0 amide bonds. The van der Waals surface area contributed by atoms with Crippen LogP contribution in [0, 0.1) is 13.8 Å². The smallest absolute Gasteiger partial charge is 0.176 e. The summed E-state index contributed by atoms with van der Waals surface area (Å²) in [7, 11) is 0. The summed E-state index contributed by atoms with van der Waals surface area (Å²) in [5, 5.41) is 2.08. The van der Waals surface area contributed by atoms with E-state index in [4.69, 9.17) is 0 Å². The lowest BCUT2D eigenvalue weighted by Crippen LogP contribution is -2.35. The quantitative estimate of drug-likeness (QED) is 0.734. The second-order valence-electron chi connectivity index (χ2n) is 5.80. The van der Waals surface area contributed by atoms with E-state index in [9.17, 15) is 4.79 Å². The van der Waals surface area contributed by atoms with Crippen molar-refractivity contribution in [2.45, 2.75) is 40.3 Å². The SMILES string of the molecule is Cc1ccc(C(=O)CN(Cc2cccs2)C(C)C)cc1C. The summed E-state index contributed by atoms with van der Waals surface area (Å²) in [5.74, 6) is 0.198. The monoisotopic (exact) mass is 301 g/mol. The Balaban J connectivity index is 2.09. The van der Waals surface area contributed by atoms with Gasteiger partial charge in [0.25, 0.3) is 0 Å². The summed E-state index contributed by atoms with van der Waals surface area (Å²) in [6, 6.07) is 10.5. The molecule has 0 N–H and O–H groups in total. The highest BCUT2D eigenvalue weighted by molar-refractivity contribution is 7.09. The van der Waals surface area contributed by atoms with E-state index in [0.717, 1.165) is 12.1 Å². The minimum atomic E-state index is 0.198. The summed E-state index contributed by atoms with van der Waals surface area (Å²) >= 11 is 1.74. The molecule has 0 atom stereocenters. The Hall–Kier alpha value is -1.45. The van der Waals surface area contributed by atoms with Gasteiger partial charge in [0, 0.05) is 23.0 Å². The number of thiophene rings is 1. The van der Waals surface area contributed by atoms with Crippen molar-refractivity contribution in [2.24, 2.45) is 0 Å². The molecule has 0 bridgehead atoms. The van der Waals surface area contributed by atoms with Crippen LogP contribution in [0.3, 0.4) is 0 Å². The first-order valence-electron chi connectivity index (χ1n) is 7.34. The Morgan fingerprint density at radius 2 is 1.95 bits per heavy atom. The molecule has 1 aromatic heterocycles. The average Bonchev–Trinajstić information content (AvgIpc) is 2.93. The fourth-order valence-corrected chi connectivity index (χ4v) is 2.94.